The highest BCUT2D eigenvalue weighted by atomic mass is 16.5. The molecule has 8 nitrogen and oxygen atoms in total. The van der Waals surface area contributed by atoms with Crippen LogP contribution in [0.2, 0.25) is 0 Å². The molecule has 0 fully saturated rings. The quantitative estimate of drug-likeness (QED) is 0.304. The molecule has 0 aliphatic carbocycles. The number of hydrogen-bond acceptors (Lipinski definition) is 5. The van der Waals surface area contributed by atoms with Gasteiger partial charge in [0, 0.05) is 12.6 Å². The van der Waals surface area contributed by atoms with Crippen molar-refractivity contribution >= 4 is 17.7 Å². The monoisotopic (exact) mass is 413 g/mol. The van der Waals surface area contributed by atoms with Crippen LogP contribution in [0.25, 0.3) is 0 Å². The number of carbonyl (C=O) groups excluding carboxylic acids is 3. The van der Waals surface area contributed by atoms with Gasteiger partial charge in [0.15, 0.2) is 0 Å². The van der Waals surface area contributed by atoms with Crippen molar-refractivity contribution in [1.82, 2.24) is 15.7 Å². The maximum absolute atomic E-state index is 12.1. The van der Waals surface area contributed by atoms with Crippen molar-refractivity contribution in [3.8, 4) is 23.7 Å². The lowest BCUT2D eigenvalue weighted by Crippen LogP contribution is -2.53. The molecule has 8 heteroatoms. The minimum absolute atomic E-state index is 0.217. The molecule has 0 bridgehead atoms. The predicted octanol–water partition coefficient (Wildman–Crippen LogP) is 0.287. The molecule has 0 spiro atoms. The smallest absolute Gasteiger partial charge is 0.276 e. The Kier molecular flexibility index (Phi) is 9.57. The molecule has 0 aliphatic heterocycles. The first kappa shape index (κ1) is 24.7. The highest BCUT2D eigenvalue weighted by molar-refractivity contribution is 5.91. The zero-order chi connectivity index (χ0) is 22.7. The van der Waals surface area contributed by atoms with Crippen molar-refractivity contribution in [1.29, 1.82) is 0 Å². The molecule has 1 rings (SSSR count). The summed E-state index contributed by atoms with van der Waals surface area (Å²) in [5.74, 6) is 8.18. The standard InChI is InChI=1S/C22H27N3O5/c1-22(2,3)19(20(28)23-4)24-18(27)15-17(26)21(29)25(30)14-10-6-9-13-16-11-7-5-8-12-16/h5,7-8,11-12,17,19,26,30H,14-15H2,1-4H3,(H,23,28)(H,24,27)/t17-,19+/m0/s1. The number of likely N-dealkylation sites (N-methyl/N-ethyl adjacent to an activating group) is 1. The van der Waals surface area contributed by atoms with Gasteiger partial charge in [0.25, 0.3) is 5.91 Å². The fourth-order valence-electron chi connectivity index (χ4n) is 2.34. The molecule has 0 saturated heterocycles. The first-order valence-corrected chi connectivity index (χ1v) is 9.29. The van der Waals surface area contributed by atoms with Gasteiger partial charge in [-0.05, 0) is 29.4 Å². The molecule has 0 saturated carbocycles. The summed E-state index contributed by atoms with van der Waals surface area (Å²) in [6.07, 6.45) is -2.39. The van der Waals surface area contributed by atoms with Crippen LogP contribution in [0.1, 0.15) is 32.8 Å². The molecule has 0 aliphatic rings. The van der Waals surface area contributed by atoms with E-state index in [4.69, 9.17) is 0 Å². The van der Waals surface area contributed by atoms with E-state index in [0.29, 0.717) is 0 Å². The summed E-state index contributed by atoms with van der Waals surface area (Å²) in [7, 11) is 1.44. The van der Waals surface area contributed by atoms with Crippen molar-refractivity contribution in [2.24, 2.45) is 5.41 Å². The number of nitrogens with one attached hydrogen (secondary N) is 2. The molecule has 0 unspecified atom stereocenters. The largest absolute Gasteiger partial charge is 0.383 e. The number of benzene rings is 1. The fraction of sp³-hybridized carbons (Fsp3) is 0.409. The highest BCUT2D eigenvalue weighted by Gasteiger charge is 2.33. The van der Waals surface area contributed by atoms with Gasteiger partial charge in [0.05, 0.1) is 6.42 Å². The van der Waals surface area contributed by atoms with Crippen molar-refractivity contribution in [2.75, 3.05) is 13.6 Å². The summed E-state index contributed by atoms with van der Waals surface area (Å²) in [4.78, 5) is 36.1. The Morgan fingerprint density at radius 3 is 2.33 bits per heavy atom. The Morgan fingerprint density at radius 1 is 1.13 bits per heavy atom. The topological polar surface area (TPSA) is 119 Å². The van der Waals surface area contributed by atoms with Crippen molar-refractivity contribution in [3.05, 3.63) is 35.9 Å². The van der Waals surface area contributed by atoms with Gasteiger partial charge in [0.2, 0.25) is 11.8 Å². The number of carbonyl (C=O) groups is 3. The maximum atomic E-state index is 12.1. The number of rotatable bonds is 6. The molecule has 2 atom stereocenters. The summed E-state index contributed by atoms with van der Waals surface area (Å²) in [6.45, 7) is 4.92. The predicted molar refractivity (Wildman–Crippen MR) is 111 cm³/mol. The SMILES string of the molecule is CNC(=O)[C@@H](NC(=O)C[C@H](O)C(=O)N(O)CC#CC#Cc1ccccc1)C(C)(C)C. The van der Waals surface area contributed by atoms with Crippen molar-refractivity contribution in [2.45, 2.75) is 39.3 Å². The second kappa shape index (κ2) is 11.6. The molecule has 0 heterocycles. The Morgan fingerprint density at radius 2 is 1.77 bits per heavy atom. The number of amides is 3. The Labute approximate surface area is 176 Å². The van der Waals surface area contributed by atoms with Gasteiger partial charge in [-0.2, -0.15) is 0 Å². The summed E-state index contributed by atoms with van der Waals surface area (Å²) >= 11 is 0. The van der Waals surface area contributed by atoms with Crippen LogP contribution in [0.3, 0.4) is 0 Å². The van der Waals surface area contributed by atoms with Crippen LogP contribution in [0, 0.1) is 29.1 Å². The molecular weight excluding hydrogens is 386 g/mol. The normalized spacial score (nSPS) is 12.2. The van der Waals surface area contributed by atoms with Crippen LogP contribution in [-0.4, -0.2) is 58.8 Å². The lowest BCUT2D eigenvalue weighted by molar-refractivity contribution is -0.173. The molecule has 1 aromatic carbocycles. The number of nitrogens with zero attached hydrogens (tertiary/aromatic N) is 1. The third-order valence-electron chi connectivity index (χ3n) is 3.96. The molecule has 30 heavy (non-hydrogen) atoms. The Balaban J connectivity index is 2.59. The van der Waals surface area contributed by atoms with E-state index >= 15 is 0 Å². The van der Waals surface area contributed by atoms with Crippen LogP contribution < -0.4 is 10.6 Å². The van der Waals surface area contributed by atoms with E-state index in [-0.39, 0.29) is 11.6 Å². The minimum atomic E-state index is -1.78. The van der Waals surface area contributed by atoms with Gasteiger partial charge in [-0.15, -0.1) is 0 Å². The number of aliphatic hydroxyl groups excluding tert-OH is 1. The fourth-order valence-corrected chi connectivity index (χ4v) is 2.34. The van der Waals surface area contributed by atoms with Gasteiger partial charge in [-0.3, -0.25) is 19.6 Å². The molecule has 4 N–H and O–H groups in total. The second-order valence-electron chi connectivity index (χ2n) is 7.51. The maximum Gasteiger partial charge on any atom is 0.276 e. The summed E-state index contributed by atoms with van der Waals surface area (Å²) in [5.41, 5.74) is 0.194. The van der Waals surface area contributed by atoms with Crippen LogP contribution in [0.5, 0.6) is 0 Å². The third-order valence-corrected chi connectivity index (χ3v) is 3.96. The van der Waals surface area contributed by atoms with Crippen LogP contribution in [0.4, 0.5) is 0 Å². The van der Waals surface area contributed by atoms with E-state index in [1.807, 2.05) is 30.3 Å². The third kappa shape index (κ3) is 8.36. The van der Waals surface area contributed by atoms with Gasteiger partial charge < -0.3 is 15.7 Å². The zero-order valence-corrected chi connectivity index (χ0v) is 17.5. The minimum Gasteiger partial charge on any atom is -0.383 e. The van der Waals surface area contributed by atoms with Crippen LogP contribution >= 0.6 is 0 Å². The first-order chi connectivity index (χ1) is 14.1. The van der Waals surface area contributed by atoms with Gasteiger partial charge in [-0.25, -0.2) is 5.06 Å². The Bertz CT molecular complexity index is 869. The number of hydrogen-bond donors (Lipinski definition) is 4. The van der Waals surface area contributed by atoms with E-state index in [1.165, 1.54) is 7.05 Å². The molecule has 0 aromatic heterocycles. The van der Waals surface area contributed by atoms with Crippen LogP contribution in [0.15, 0.2) is 30.3 Å². The first-order valence-electron chi connectivity index (χ1n) is 9.29. The van der Waals surface area contributed by atoms with Crippen LogP contribution in [-0.2, 0) is 14.4 Å². The molecule has 1 aromatic rings. The Hall–Kier alpha value is -3.33. The average Bonchev–Trinajstić information content (AvgIpc) is 2.70. The summed E-state index contributed by atoms with van der Waals surface area (Å²) < 4.78 is 0. The van der Waals surface area contributed by atoms with E-state index in [1.54, 1.807) is 20.8 Å². The average molecular weight is 413 g/mol. The van der Waals surface area contributed by atoms with Crippen molar-refractivity contribution in [3.63, 3.8) is 0 Å². The molecule has 160 valence electrons. The van der Waals surface area contributed by atoms with Crippen molar-refractivity contribution < 1.29 is 24.7 Å². The van der Waals surface area contributed by atoms with Gasteiger partial charge in [-0.1, -0.05) is 50.8 Å². The molecule has 0 radical (unpaired) electrons. The van der Waals surface area contributed by atoms with Gasteiger partial charge >= 0.3 is 0 Å². The zero-order valence-electron chi connectivity index (χ0n) is 17.5. The molecular formula is C22H27N3O5. The van der Waals surface area contributed by atoms with E-state index in [9.17, 15) is 24.7 Å². The lowest BCUT2D eigenvalue weighted by Gasteiger charge is -2.30. The second-order valence-corrected chi connectivity index (χ2v) is 7.51. The molecule has 3 amide bonds. The lowest BCUT2D eigenvalue weighted by atomic mass is 9.86. The number of aliphatic hydroxyl groups is 1. The summed E-state index contributed by atoms with van der Waals surface area (Å²) in [5, 5.41) is 24.8. The van der Waals surface area contributed by atoms with E-state index in [2.05, 4.69) is 34.3 Å². The highest BCUT2D eigenvalue weighted by Crippen LogP contribution is 2.19. The number of hydroxylamine groups is 2. The van der Waals surface area contributed by atoms with Gasteiger partial charge in [0.1, 0.15) is 18.7 Å². The van der Waals surface area contributed by atoms with E-state index < -0.39 is 41.7 Å². The summed E-state index contributed by atoms with van der Waals surface area (Å²) in [6, 6.07) is 8.30. The van der Waals surface area contributed by atoms with E-state index in [0.717, 1.165) is 5.56 Å².